The second-order valence-corrected chi connectivity index (χ2v) is 4.13. The Hall–Kier alpha value is -2.63. The minimum absolute atomic E-state index is 0.179. The van der Waals surface area contributed by atoms with Crippen molar-refractivity contribution in [1.82, 2.24) is 19.6 Å². The number of aromatic nitrogens is 4. The molecule has 6 heteroatoms. The van der Waals surface area contributed by atoms with E-state index in [1.807, 2.05) is 30.3 Å². The molecule has 0 aliphatic rings. The number of ether oxygens (including phenoxy) is 1. The predicted molar refractivity (Wildman–Crippen MR) is 70.3 cm³/mol. The van der Waals surface area contributed by atoms with Gasteiger partial charge in [0.2, 0.25) is 5.78 Å². The molecule has 1 N–H and O–H groups in total. The number of nitrogens with zero attached hydrogens (tertiary/aromatic N) is 3. The van der Waals surface area contributed by atoms with Crippen molar-refractivity contribution in [1.29, 1.82) is 0 Å². The minimum atomic E-state index is -0.179. The molecule has 0 saturated heterocycles. The van der Waals surface area contributed by atoms with Crippen molar-refractivity contribution in [3.8, 4) is 17.3 Å². The number of benzene rings is 1. The molecule has 0 aliphatic heterocycles. The quantitative estimate of drug-likeness (QED) is 0.752. The highest BCUT2D eigenvalue weighted by Gasteiger charge is 2.14. The van der Waals surface area contributed by atoms with Gasteiger partial charge in [-0.2, -0.15) is 9.50 Å². The number of H-pyrrole nitrogens is 1. The topological polar surface area (TPSA) is 72.3 Å². The van der Waals surface area contributed by atoms with E-state index >= 15 is 0 Å². The van der Waals surface area contributed by atoms with Crippen LogP contribution in [0.1, 0.15) is 5.56 Å². The summed E-state index contributed by atoms with van der Waals surface area (Å²) in [5.74, 6) is 0.367. The van der Waals surface area contributed by atoms with Crippen LogP contribution in [-0.4, -0.2) is 26.7 Å². The van der Waals surface area contributed by atoms with Crippen molar-refractivity contribution in [2.75, 3.05) is 7.11 Å². The molecule has 19 heavy (non-hydrogen) atoms. The molecular weight excluding hydrogens is 244 g/mol. The van der Waals surface area contributed by atoms with Gasteiger partial charge in [-0.25, -0.2) is 0 Å². The van der Waals surface area contributed by atoms with E-state index in [0.29, 0.717) is 11.3 Å². The first-order valence-corrected chi connectivity index (χ1v) is 5.80. The third-order valence-electron chi connectivity index (χ3n) is 2.95. The van der Waals surface area contributed by atoms with Crippen LogP contribution in [-0.2, 0) is 0 Å². The lowest BCUT2D eigenvalue weighted by Crippen LogP contribution is -2.15. The molecule has 0 aliphatic carbocycles. The van der Waals surface area contributed by atoms with Gasteiger partial charge in [-0.05, 0) is 6.92 Å². The summed E-state index contributed by atoms with van der Waals surface area (Å²) in [5, 5.41) is 4.22. The van der Waals surface area contributed by atoms with Crippen LogP contribution < -0.4 is 10.3 Å². The van der Waals surface area contributed by atoms with Gasteiger partial charge in [-0.1, -0.05) is 30.3 Å². The van der Waals surface area contributed by atoms with Gasteiger partial charge in [-0.15, -0.1) is 5.10 Å². The number of hydrogen-bond donors (Lipinski definition) is 1. The average Bonchev–Trinajstić information content (AvgIpc) is 2.83. The van der Waals surface area contributed by atoms with Gasteiger partial charge >= 0.3 is 6.01 Å². The van der Waals surface area contributed by atoms with Crippen molar-refractivity contribution in [2.45, 2.75) is 6.92 Å². The lowest BCUT2D eigenvalue weighted by atomic mass is 10.1. The minimum Gasteiger partial charge on any atom is -0.466 e. The Balaban J connectivity index is 2.41. The van der Waals surface area contributed by atoms with Crippen LogP contribution in [0.3, 0.4) is 0 Å². The largest absolute Gasteiger partial charge is 0.466 e. The Kier molecular flexibility index (Phi) is 2.56. The Morgan fingerprint density at radius 1 is 1.26 bits per heavy atom. The highest BCUT2D eigenvalue weighted by Crippen LogP contribution is 2.21. The lowest BCUT2D eigenvalue weighted by Gasteiger charge is -2.06. The molecule has 0 saturated carbocycles. The van der Waals surface area contributed by atoms with Crippen LogP contribution >= 0.6 is 0 Å². The summed E-state index contributed by atoms with van der Waals surface area (Å²) in [4.78, 5) is 18.7. The van der Waals surface area contributed by atoms with Crippen LogP contribution in [0.15, 0.2) is 35.1 Å². The molecule has 0 bridgehead atoms. The molecule has 0 amide bonds. The first-order valence-electron chi connectivity index (χ1n) is 5.80. The van der Waals surface area contributed by atoms with Crippen LogP contribution in [0.2, 0.25) is 0 Å². The number of hydrogen-bond acceptors (Lipinski definition) is 4. The van der Waals surface area contributed by atoms with E-state index in [0.717, 1.165) is 11.3 Å². The van der Waals surface area contributed by atoms with Gasteiger partial charge in [0.25, 0.3) is 5.56 Å². The van der Waals surface area contributed by atoms with Crippen LogP contribution in [0.5, 0.6) is 6.01 Å². The summed E-state index contributed by atoms with van der Waals surface area (Å²) in [6.45, 7) is 1.76. The van der Waals surface area contributed by atoms with Crippen LogP contribution in [0, 0.1) is 6.92 Å². The standard InChI is InChI=1S/C13H12N4O2/c1-8-10(9-6-4-3-5-7-9)17-12(14-11(8)18)15-13(16-17)19-2/h3-7H,1-2H3,(H,14,15,16,18). The normalized spacial score (nSPS) is 10.8. The molecule has 0 radical (unpaired) electrons. The van der Waals surface area contributed by atoms with E-state index in [-0.39, 0.29) is 11.6 Å². The predicted octanol–water partition coefficient (Wildman–Crippen LogP) is 1.40. The molecule has 0 spiro atoms. The Morgan fingerprint density at radius 3 is 2.68 bits per heavy atom. The zero-order valence-electron chi connectivity index (χ0n) is 10.5. The number of aromatic amines is 1. The molecule has 6 nitrogen and oxygen atoms in total. The van der Waals surface area contributed by atoms with Crippen molar-refractivity contribution in [3.63, 3.8) is 0 Å². The smallest absolute Gasteiger partial charge is 0.337 e. The summed E-state index contributed by atoms with van der Waals surface area (Å²) in [6, 6.07) is 9.82. The van der Waals surface area contributed by atoms with E-state index < -0.39 is 0 Å². The van der Waals surface area contributed by atoms with Crippen LogP contribution in [0.25, 0.3) is 17.0 Å². The monoisotopic (exact) mass is 256 g/mol. The molecule has 2 aromatic heterocycles. The SMILES string of the molecule is COc1nc2[nH]c(=O)c(C)c(-c3ccccc3)n2n1. The first kappa shape index (κ1) is 11.5. The molecule has 2 heterocycles. The van der Waals surface area contributed by atoms with Gasteiger partial charge in [0, 0.05) is 11.1 Å². The third-order valence-corrected chi connectivity index (χ3v) is 2.95. The number of nitrogens with one attached hydrogen (secondary N) is 1. The molecule has 3 rings (SSSR count). The van der Waals surface area contributed by atoms with E-state index in [2.05, 4.69) is 15.1 Å². The second kappa shape index (κ2) is 4.24. The number of fused-ring (bicyclic) bond motifs is 1. The van der Waals surface area contributed by atoms with E-state index in [1.165, 1.54) is 7.11 Å². The van der Waals surface area contributed by atoms with E-state index in [9.17, 15) is 4.79 Å². The highest BCUT2D eigenvalue weighted by atomic mass is 16.5. The van der Waals surface area contributed by atoms with Crippen molar-refractivity contribution in [3.05, 3.63) is 46.2 Å². The van der Waals surface area contributed by atoms with Gasteiger partial charge in [0.1, 0.15) is 0 Å². The molecular formula is C13H12N4O2. The molecule has 96 valence electrons. The number of methoxy groups -OCH3 is 1. The fraction of sp³-hybridized carbons (Fsp3) is 0.154. The number of rotatable bonds is 2. The lowest BCUT2D eigenvalue weighted by molar-refractivity contribution is 0.380. The van der Waals surface area contributed by atoms with Gasteiger partial charge in [0.05, 0.1) is 12.8 Å². The summed E-state index contributed by atoms with van der Waals surface area (Å²) in [5.41, 5.74) is 2.03. The van der Waals surface area contributed by atoms with Crippen molar-refractivity contribution >= 4 is 5.78 Å². The van der Waals surface area contributed by atoms with Gasteiger partial charge in [0.15, 0.2) is 0 Å². The highest BCUT2D eigenvalue weighted by molar-refractivity contribution is 5.64. The molecule has 0 fully saturated rings. The van der Waals surface area contributed by atoms with Crippen molar-refractivity contribution in [2.24, 2.45) is 0 Å². The van der Waals surface area contributed by atoms with Crippen LogP contribution in [0.4, 0.5) is 0 Å². The molecule has 0 atom stereocenters. The fourth-order valence-electron chi connectivity index (χ4n) is 2.01. The Labute approximate surface area is 108 Å². The second-order valence-electron chi connectivity index (χ2n) is 4.13. The zero-order valence-corrected chi connectivity index (χ0v) is 10.5. The molecule has 0 unspecified atom stereocenters. The summed E-state index contributed by atoms with van der Waals surface area (Å²) >= 11 is 0. The van der Waals surface area contributed by atoms with Crippen molar-refractivity contribution < 1.29 is 4.74 Å². The Morgan fingerprint density at radius 2 is 2.00 bits per heavy atom. The van der Waals surface area contributed by atoms with E-state index in [1.54, 1.807) is 11.4 Å². The molecule has 1 aromatic carbocycles. The fourth-order valence-corrected chi connectivity index (χ4v) is 2.01. The van der Waals surface area contributed by atoms with E-state index in [4.69, 9.17) is 4.74 Å². The summed E-state index contributed by atoms with van der Waals surface area (Å²) < 4.78 is 6.59. The first-order chi connectivity index (χ1) is 9.20. The van der Waals surface area contributed by atoms with Gasteiger partial charge in [-0.3, -0.25) is 9.78 Å². The third kappa shape index (κ3) is 1.77. The van der Waals surface area contributed by atoms with Gasteiger partial charge < -0.3 is 4.74 Å². The summed E-state index contributed by atoms with van der Waals surface area (Å²) in [7, 11) is 1.49. The summed E-state index contributed by atoms with van der Waals surface area (Å²) in [6.07, 6.45) is 0. The maximum atomic E-state index is 11.9. The average molecular weight is 256 g/mol. The maximum Gasteiger partial charge on any atom is 0.337 e. The maximum absolute atomic E-state index is 11.9. The zero-order chi connectivity index (χ0) is 13.4. The molecule has 3 aromatic rings. The Bertz CT molecular complexity index is 790.